The highest BCUT2D eigenvalue weighted by molar-refractivity contribution is 8.23. The van der Waals surface area contributed by atoms with E-state index in [-0.39, 0.29) is 5.41 Å². The smallest absolute Gasteiger partial charge is 0.136 e. The van der Waals surface area contributed by atoms with Gasteiger partial charge in [0.1, 0.15) is 8.64 Å². The third-order valence-corrected chi connectivity index (χ3v) is 10.7. The molecule has 0 saturated heterocycles. The van der Waals surface area contributed by atoms with Gasteiger partial charge in [-0.15, -0.1) is 0 Å². The summed E-state index contributed by atoms with van der Waals surface area (Å²) in [5.41, 5.74) is 5.41. The van der Waals surface area contributed by atoms with E-state index in [0.29, 0.717) is 5.25 Å². The van der Waals surface area contributed by atoms with Gasteiger partial charge in [0, 0.05) is 37.2 Å². The van der Waals surface area contributed by atoms with Gasteiger partial charge in [-0.2, -0.15) is 0 Å². The van der Waals surface area contributed by atoms with Crippen molar-refractivity contribution in [2.45, 2.75) is 78.2 Å². The monoisotopic (exact) mass is 600 g/mol. The van der Waals surface area contributed by atoms with E-state index >= 15 is 0 Å². The van der Waals surface area contributed by atoms with Crippen LogP contribution in [0.15, 0.2) is 55.1 Å². The van der Waals surface area contributed by atoms with Gasteiger partial charge in [-0.3, -0.25) is 0 Å². The molecule has 39 heavy (non-hydrogen) atoms. The molecular weight excluding hydrogens is 553 g/mol. The predicted molar refractivity (Wildman–Crippen MR) is 187 cm³/mol. The molecule has 2 aromatic carbocycles. The highest BCUT2D eigenvalue weighted by Gasteiger charge is 2.30. The van der Waals surface area contributed by atoms with Crippen LogP contribution in [0.2, 0.25) is 0 Å². The van der Waals surface area contributed by atoms with E-state index < -0.39 is 0 Å². The average molecular weight is 601 g/mol. The Kier molecular flexibility index (Phi) is 15.2. The molecule has 2 atom stereocenters. The maximum absolute atomic E-state index is 5.96. The van der Waals surface area contributed by atoms with Gasteiger partial charge < -0.3 is 9.80 Å². The summed E-state index contributed by atoms with van der Waals surface area (Å²) in [7, 11) is 0. The SMILES string of the molecule is C=Cc1ccc(CC(C)(CCC)CC(SC(=S)N(CC)CC)c2ccc(CSC(=S)N(CC)CC)cc2)cc1. The lowest BCUT2D eigenvalue weighted by molar-refractivity contribution is 0.265. The number of thioether (sulfide) groups is 2. The molecule has 0 aliphatic rings. The van der Waals surface area contributed by atoms with Crippen molar-refractivity contribution >= 4 is 62.7 Å². The molecule has 0 spiro atoms. The second kappa shape index (κ2) is 17.5. The Morgan fingerprint density at radius 2 is 1.38 bits per heavy atom. The molecule has 0 aliphatic carbocycles. The fourth-order valence-electron chi connectivity index (χ4n) is 5.03. The van der Waals surface area contributed by atoms with E-state index in [9.17, 15) is 0 Å². The van der Waals surface area contributed by atoms with Crippen molar-refractivity contribution in [1.82, 2.24) is 9.80 Å². The number of thiocarbonyl (C=S) groups is 2. The van der Waals surface area contributed by atoms with Crippen LogP contribution < -0.4 is 0 Å². The number of nitrogens with zero attached hydrogens (tertiary/aromatic N) is 2. The minimum atomic E-state index is 0.172. The van der Waals surface area contributed by atoms with Crippen LogP contribution in [0, 0.1) is 5.41 Å². The summed E-state index contributed by atoms with van der Waals surface area (Å²) in [5.74, 6) is 0.902. The third kappa shape index (κ3) is 10.9. The molecule has 0 bridgehead atoms. The molecular formula is C33H48N2S4. The molecule has 0 fully saturated rings. The first-order valence-corrected chi connectivity index (χ1v) is 17.1. The molecule has 2 unspecified atom stereocenters. The number of benzene rings is 2. The average Bonchev–Trinajstić information content (AvgIpc) is 2.93. The lowest BCUT2D eigenvalue weighted by atomic mass is 9.75. The van der Waals surface area contributed by atoms with E-state index in [2.05, 4.69) is 106 Å². The van der Waals surface area contributed by atoms with Crippen LogP contribution in [0.1, 0.15) is 88.3 Å². The van der Waals surface area contributed by atoms with E-state index in [1.807, 2.05) is 17.8 Å². The minimum absolute atomic E-state index is 0.172. The maximum atomic E-state index is 5.96. The molecule has 0 amide bonds. The first-order valence-electron chi connectivity index (χ1n) is 14.4. The summed E-state index contributed by atoms with van der Waals surface area (Å²) in [4.78, 5) is 4.55. The Hall–Kier alpha value is -1.34. The zero-order valence-corrected chi connectivity index (χ0v) is 28.1. The zero-order valence-electron chi connectivity index (χ0n) is 24.9. The largest absolute Gasteiger partial charge is 0.358 e. The van der Waals surface area contributed by atoms with Crippen LogP contribution in [0.4, 0.5) is 0 Å². The minimum Gasteiger partial charge on any atom is -0.358 e. The summed E-state index contributed by atoms with van der Waals surface area (Å²) >= 11 is 15.2. The summed E-state index contributed by atoms with van der Waals surface area (Å²) in [5, 5.41) is 0.306. The summed E-state index contributed by atoms with van der Waals surface area (Å²) in [6.07, 6.45) is 6.40. The first kappa shape index (κ1) is 33.9. The number of hydrogen-bond acceptors (Lipinski definition) is 4. The van der Waals surface area contributed by atoms with Gasteiger partial charge in [0.2, 0.25) is 0 Å². The van der Waals surface area contributed by atoms with Crippen molar-refractivity contribution in [2.75, 3.05) is 26.2 Å². The standard InChI is InChI=1S/C33H48N2S4/c1-8-22-33(7,23-27-16-14-26(9-2)15-17-27)24-30(39-32(37)35(12-5)13-6)29-20-18-28(19-21-29)25-38-31(36)34(10-3)11-4/h9,14-21,30H,2,8,10-13,22-25H2,1,3-7H3. The van der Waals surface area contributed by atoms with Crippen molar-refractivity contribution in [3.63, 3.8) is 0 Å². The van der Waals surface area contributed by atoms with Gasteiger partial charge in [-0.05, 0) is 74.6 Å². The Balaban J connectivity index is 2.28. The van der Waals surface area contributed by atoms with Crippen LogP contribution in [-0.2, 0) is 12.2 Å². The van der Waals surface area contributed by atoms with Gasteiger partial charge in [-0.25, -0.2) is 0 Å². The van der Waals surface area contributed by atoms with Crippen LogP contribution >= 0.6 is 48.0 Å². The maximum Gasteiger partial charge on any atom is 0.136 e. The molecule has 0 N–H and O–H groups in total. The highest BCUT2D eigenvalue weighted by Crippen LogP contribution is 2.44. The molecule has 2 rings (SSSR count). The Morgan fingerprint density at radius 3 is 1.90 bits per heavy atom. The topological polar surface area (TPSA) is 6.48 Å². The Labute approximate surface area is 258 Å². The molecule has 6 heteroatoms. The quantitative estimate of drug-likeness (QED) is 0.186. The lowest BCUT2D eigenvalue weighted by Gasteiger charge is -2.35. The van der Waals surface area contributed by atoms with E-state index in [4.69, 9.17) is 24.4 Å². The van der Waals surface area contributed by atoms with Crippen LogP contribution in [0.3, 0.4) is 0 Å². The normalized spacial score (nSPS) is 13.4. The molecule has 214 valence electrons. The lowest BCUT2D eigenvalue weighted by Crippen LogP contribution is -2.28. The second-order valence-electron chi connectivity index (χ2n) is 10.4. The summed E-state index contributed by atoms with van der Waals surface area (Å²) in [6, 6.07) is 18.1. The highest BCUT2D eigenvalue weighted by atomic mass is 32.2. The molecule has 0 saturated carbocycles. The van der Waals surface area contributed by atoms with Gasteiger partial charge in [0.25, 0.3) is 0 Å². The zero-order chi connectivity index (χ0) is 28.8. The van der Waals surface area contributed by atoms with E-state index in [0.717, 1.165) is 53.4 Å². The molecule has 0 radical (unpaired) electrons. The fraction of sp³-hybridized carbons (Fsp3) is 0.515. The number of rotatable bonds is 15. The van der Waals surface area contributed by atoms with Crippen molar-refractivity contribution in [2.24, 2.45) is 5.41 Å². The Morgan fingerprint density at radius 1 is 0.846 bits per heavy atom. The van der Waals surface area contributed by atoms with Crippen molar-refractivity contribution in [3.05, 3.63) is 77.4 Å². The summed E-state index contributed by atoms with van der Waals surface area (Å²) in [6.45, 7) is 21.2. The van der Waals surface area contributed by atoms with Gasteiger partial charge in [0.05, 0.1) is 0 Å². The molecule has 0 aliphatic heterocycles. The molecule has 0 heterocycles. The van der Waals surface area contributed by atoms with Gasteiger partial charge in [-0.1, -0.05) is 129 Å². The second-order valence-corrected chi connectivity index (χ2v) is 13.8. The fourth-order valence-corrected chi connectivity index (χ4v) is 8.42. The molecule has 2 nitrogen and oxygen atoms in total. The van der Waals surface area contributed by atoms with E-state index in [1.165, 1.54) is 35.1 Å². The third-order valence-electron chi connectivity index (χ3n) is 7.38. The number of hydrogen-bond donors (Lipinski definition) is 0. The van der Waals surface area contributed by atoms with Crippen LogP contribution in [0.25, 0.3) is 6.08 Å². The van der Waals surface area contributed by atoms with Gasteiger partial charge in [0.15, 0.2) is 0 Å². The first-order chi connectivity index (χ1) is 18.7. The van der Waals surface area contributed by atoms with Crippen molar-refractivity contribution < 1.29 is 0 Å². The summed E-state index contributed by atoms with van der Waals surface area (Å²) < 4.78 is 1.99. The van der Waals surface area contributed by atoms with Crippen LogP contribution in [-0.4, -0.2) is 44.6 Å². The Bertz CT molecular complexity index is 1030. The van der Waals surface area contributed by atoms with Gasteiger partial charge >= 0.3 is 0 Å². The predicted octanol–water partition coefficient (Wildman–Crippen LogP) is 10.0. The molecule has 2 aromatic rings. The van der Waals surface area contributed by atoms with Crippen molar-refractivity contribution in [1.29, 1.82) is 0 Å². The van der Waals surface area contributed by atoms with Crippen LogP contribution in [0.5, 0.6) is 0 Å². The van der Waals surface area contributed by atoms with Crippen molar-refractivity contribution in [3.8, 4) is 0 Å². The molecule has 0 aromatic heterocycles. The van der Waals surface area contributed by atoms with E-state index in [1.54, 1.807) is 11.8 Å².